The Morgan fingerprint density at radius 2 is 1.34 bits per heavy atom. The van der Waals surface area contributed by atoms with E-state index in [0.29, 0.717) is 33.6 Å². The zero-order valence-electron chi connectivity index (χ0n) is 20.9. The number of carbonyl (C=O) groups is 3. The van der Waals surface area contributed by atoms with E-state index in [1.165, 1.54) is 0 Å². The molecule has 3 heterocycles. The predicted octanol–water partition coefficient (Wildman–Crippen LogP) is 4.80. The second-order valence-corrected chi connectivity index (χ2v) is 8.80. The van der Waals surface area contributed by atoms with Crippen molar-refractivity contribution in [3.63, 3.8) is 0 Å². The number of esters is 2. The van der Waals surface area contributed by atoms with Gasteiger partial charge in [-0.2, -0.15) is 0 Å². The van der Waals surface area contributed by atoms with Crippen molar-refractivity contribution in [2.45, 2.75) is 53.4 Å². The van der Waals surface area contributed by atoms with E-state index in [9.17, 15) is 14.4 Å². The summed E-state index contributed by atoms with van der Waals surface area (Å²) in [6.07, 6.45) is 0. The first-order valence-corrected chi connectivity index (χ1v) is 11.8. The van der Waals surface area contributed by atoms with Crippen LogP contribution in [-0.2, 0) is 14.3 Å². The molecule has 4 rings (SSSR count). The van der Waals surface area contributed by atoms with Crippen LogP contribution < -0.4 is 5.32 Å². The van der Waals surface area contributed by atoms with Gasteiger partial charge in [-0.3, -0.25) is 4.79 Å². The lowest BCUT2D eigenvalue weighted by Crippen LogP contribution is -2.22. The monoisotopic (exact) mass is 477 g/mol. The Kier molecular flexibility index (Phi) is 6.56. The molecule has 8 nitrogen and oxygen atoms in total. The van der Waals surface area contributed by atoms with Gasteiger partial charge in [0.1, 0.15) is 0 Å². The average Bonchev–Trinajstić information content (AvgIpc) is 3.40. The third kappa shape index (κ3) is 4.03. The van der Waals surface area contributed by atoms with E-state index in [1.54, 1.807) is 13.8 Å². The van der Waals surface area contributed by atoms with Crippen LogP contribution in [0.2, 0.25) is 0 Å². The van der Waals surface area contributed by atoms with Gasteiger partial charge in [-0.1, -0.05) is 18.2 Å². The zero-order valence-corrected chi connectivity index (χ0v) is 20.9. The molecule has 8 heteroatoms. The van der Waals surface area contributed by atoms with Gasteiger partial charge in [-0.05, 0) is 64.3 Å². The highest BCUT2D eigenvalue weighted by Crippen LogP contribution is 2.47. The number of aryl methyl sites for hydroxylation is 2. The molecule has 1 atom stereocenters. The van der Waals surface area contributed by atoms with Crippen LogP contribution in [0.15, 0.2) is 24.3 Å². The number of anilines is 1. The van der Waals surface area contributed by atoms with Gasteiger partial charge in [0.2, 0.25) is 5.91 Å². The summed E-state index contributed by atoms with van der Waals surface area (Å²) in [5.74, 6) is -2.06. The molecule has 0 bridgehead atoms. The smallest absolute Gasteiger partial charge is 0.340 e. The van der Waals surface area contributed by atoms with Gasteiger partial charge >= 0.3 is 11.9 Å². The molecule has 1 aliphatic heterocycles. The normalized spacial score (nSPS) is 14.7. The molecule has 0 saturated carbocycles. The van der Waals surface area contributed by atoms with Crippen molar-refractivity contribution in [2.75, 3.05) is 18.5 Å². The highest BCUT2D eigenvalue weighted by Gasteiger charge is 2.42. The first-order chi connectivity index (χ1) is 16.7. The van der Waals surface area contributed by atoms with Gasteiger partial charge in [0.15, 0.2) is 0 Å². The van der Waals surface area contributed by atoms with Crippen molar-refractivity contribution in [2.24, 2.45) is 0 Å². The maximum Gasteiger partial charge on any atom is 0.340 e. The summed E-state index contributed by atoms with van der Waals surface area (Å²) >= 11 is 0. The van der Waals surface area contributed by atoms with E-state index in [0.717, 1.165) is 22.6 Å². The maximum atomic E-state index is 13.4. The molecule has 1 aromatic carbocycles. The minimum atomic E-state index is -0.579. The Labute approximate surface area is 204 Å². The second-order valence-electron chi connectivity index (χ2n) is 8.80. The Morgan fingerprint density at radius 3 is 1.83 bits per heavy atom. The number of hydrogen-bond acceptors (Lipinski definition) is 5. The number of amides is 1. The number of rotatable bonds is 7. The second kappa shape index (κ2) is 9.44. The van der Waals surface area contributed by atoms with Crippen molar-refractivity contribution in [3.8, 4) is 0 Å². The molecule has 1 aliphatic rings. The zero-order chi connectivity index (χ0) is 25.4. The fourth-order valence-electron chi connectivity index (χ4n) is 5.23. The molecule has 1 amide bonds. The van der Waals surface area contributed by atoms with Crippen molar-refractivity contribution in [1.82, 2.24) is 9.97 Å². The lowest BCUT2D eigenvalue weighted by Gasteiger charge is -2.23. The topological polar surface area (TPSA) is 113 Å². The Hall–Kier alpha value is -3.81. The molecule has 1 unspecified atom stereocenters. The number of hydrogen-bond donors (Lipinski definition) is 3. The van der Waals surface area contributed by atoms with Crippen molar-refractivity contribution < 1.29 is 23.9 Å². The van der Waals surface area contributed by atoms with Crippen LogP contribution in [0.3, 0.4) is 0 Å². The Morgan fingerprint density at radius 1 is 0.857 bits per heavy atom. The van der Waals surface area contributed by atoms with E-state index in [2.05, 4.69) is 15.3 Å². The fourth-order valence-corrected chi connectivity index (χ4v) is 5.23. The summed E-state index contributed by atoms with van der Waals surface area (Å²) in [6, 6.07) is 7.58. The van der Waals surface area contributed by atoms with Crippen molar-refractivity contribution in [1.29, 1.82) is 0 Å². The first-order valence-electron chi connectivity index (χ1n) is 11.8. The lowest BCUT2D eigenvalue weighted by atomic mass is 9.80. The SMILES string of the molecule is CCOC(=O)c1c(C)[nH]c(C(c2[nH]c(C)c(C(=O)OCC)c2C)C2C(=O)Nc3ccccc32)c1C. The third-order valence-corrected chi connectivity index (χ3v) is 6.70. The maximum absolute atomic E-state index is 13.4. The summed E-state index contributed by atoms with van der Waals surface area (Å²) in [6.45, 7) is 11.4. The standard InChI is InChI=1S/C27H31N3O5/c1-7-34-26(32)19-13(3)23(28-15(19)5)22(21-17-11-9-10-12-18(17)30-25(21)31)24-14(4)20(16(6)29-24)27(33)35-8-2/h9-12,21-22,28-29H,7-8H2,1-6H3,(H,30,31). The minimum absolute atomic E-state index is 0.148. The van der Waals surface area contributed by atoms with Crippen LogP contribution in [0.5, 0.6) is 0 Å². The van der Waals surface area contributed by atoms with E-state index in [4.69, 9.17) is 9.47 Å². The van der Waals surface area contributed by atoms with Gasteiger partial charge in [0, 0.05) is 28.5 Å². The van der Waals surface area contributed by atoms with E-state index in [-0.39, 0.29) is 19.1 Å². The fraction of sp³-hybridized carbons (Fsp3) is 0.370. The number of para-hydroxylation sites is 1. The third-order valence-electron chi connectivity index (χ3n) is 6.70. The number of H-pyrrole nitrogens is 2. The first kappa shape index (κ1) is 24.3. The van der Waals surface area contributed by atoms with Crippen LogP contribution in [0.4, 0.5) is 5.69 Å². The quantitative estimate of drug-likeness (QED) is 0.423. The van der Waals surface area contributed by atoms with E-state index < -0.39 is 23.8 Å². The lowest BCUT2D eigenvalue weighted by molar-refractivity contribution is -0.117. The molecule has 3 N–H and O–H groups in total. The summed E-state index contributed by atoms with van der Waals surface area (Å²) in [5.41, 5.74) is 6.75. The Balaban J connectivity index is 1.96. The molecule has 0 saturated heterocycles. The van der Waals surface area contributed by atoms with Crippen LogP contribution in [-0.4, -0.2) is 41.0 Å². The van der Waals surface area contributed by atoms with Gasteiger partial charge in [0.25, 0.3) is 0 Å². The summed E-state index contributed by atoms with van der Waals surface area (Å²) < 4.78 is 10.6. The van der Waals surface area contributed by atoms with Gasteiger partial charge in [-0.15, -0.1) is 0 Å². The van der Waals surface area contributed by atoms with Gasteiger partial charge < -0.3 is 24.8 Å². The van der Waals surface area contributed by atoms with Gasteiger partial charge in [0.05, 0.1) is 36.2 Å². The van der Waals surface area contributed by atoms with Crippen LogP contribution >= 0.6 is 0 Å². The largest absolute Gasteiger partial charge is 0.462 e. The number of aromatic amines is 2. The predicted molar refractivity (Wildman–Crippen MR) is 132 cm³/mol. The van der Waals surface area contributed by atoms with Crippen LogP contribution in [0.25, 0.3) is 0 Å². The Bertz CT molecular complexity index is 1250. The molecule has 184 valence electrons. The van der Waals surface area contributed by atoms with Crippen molar-refractivity contribution in [3.05, 3.63) is 74.9 Å². The molecule has 0 spiro atoms. The number of carbonyl (C=O) groups excluding carboxylic acids is 3. The molecule has 2 aromatic heterocycles. The molecule has 3 aromatic rings. The summed E-state index contributed by atoms with van der Waals surface area (Å²) in [4.78, 5) is 45.6. The number of benzene rings is 1. The minimum Gasteiger partial charge on any atom is -0.462 e. The van der Waals surface area contributed by atoms with E-state index in [1.807, 2.05) is 52.0 Å². The highest BCUT2D eigenvalue weighted by atomic mass is 16.5. The molecule has 0 aliphatic carbocycles. The average molecular weight is 478 g/mol. The van der Waals surface area contributed by atoms with Crippen LogP contribution in [0, 0.1) is 27.7 Å². The van der Waals surface area contributed by atoms with Crippen LogP contribution in [0.1, 0.15) is 85.9 Å². The molecule has 0 fully saturated rings. The molecular formula is C27H31N3O5. The van der Waals surface area contributed by atoms with Crippen molar-refractivity contribution >= 4 is 23.5 Å². The summed E-state index contributed by atoms with van der Waals surface area (Å²) in [5, 5.41) is 2.99. The molecular weight excluding hydrogens is 446 g/mol. The number of ether oxygens (including phenoxy) is 2. The van der Waals surface area contributed by atoms with E-state index >= 15 is 0 Å². The number of fused-ring (bicyclic) bond motifs is 1. The molecule has 0 radical (unpaired) electrons. The number of nitrogens with one attached hydrogen (secondary N) is 3. The van der Waals surface area contributed by atoms with Gasteiger partial charge in [-0.25, -0.2) is 9.59 Å². The number of aromatic nitrogens is 2. The highest BCUT2D eigenvalue weighted by molar-refractivity contribution is 6.04. The molecule has 35 heavy (non-hydrogen) atoms. The summed E-state index contributed by atoms with van der Waals surface area (Å²) in [7, 11) is 0.